The van der Waals surface area contributed by atoms with Crippen LogP contribution >= 0.6 is 0 Å². The molecule has 1 amide bonds. The number of hydrogen-bond donors (Lipinski definition) is 1. The summed E-state index contributed by atoms with van der Waals surface area (Å²) in [5.74, 6) is -0.767. The van der Waals surface area contributed by atoms with E-state index in [1.165, 1.54) is 0 Å². The minimum absolute atomic E-state index is 0.0362. The number of aliphatic carboxylic acids is 1. The van der Waals surface area contributed by atoms with Crippen molar-refractivity contribution >= 4 is 11.9 Å². The van der Waals surface area contributed by atoms with Gasteiger partial charge in [0.05, 0.1) is 5.92 Å². The first-order valence-corrected chi connectivity index (χ1v) is 6.88. The Morgan fingerprint density at radius 1 is 1.17 bits per heavy atom. The van der Waals surface area contributed by atoms with Crippen LogP contribution in [0.3, 0.4) is 0 Å². The molecule has 2 aliphatic heterocycles. The Balaban J connectivity index is 1.75. The van der Waals surface area contributed by atoms with Gasteiger partial charge in [0.1, 0.15) is 0 Å². The third kappa shape index (κ3) is 1.74. The molecule has 98 valence electrons. The highest BCUT2D eigenvalue weighted by Gasteiger charge is 2.52. The van der Waals surface area contributed by atoms with Gasteiger partial charge >= 0.3 is 5.97 Å². The molecule has 0 aromatic heterocycles. The zero-order chi connectivity index (χ0) is 12.7. The summed E-state index contributed by atoms with van der Waals surface area (Å²) in [4.78, 5) is 25.6. The van der Waals surface area contributed by atoms with Crippen LogP contribution in [0.4, 0.5) is 0 Å². The minimum atomic E-state index is -0.733. The molecule has 1 aliphatic carbocycles. The van der Waals surface area contributed by atoms with Crippen LogP contribution in [0.2, 0.25) is 0 Å². The molecule has 3 rings (SSSR count). The summed E-state index contributed by atoms with van der Waals surface area (Å²) in [6.07, 6.45) is 9.45. The lowest BCUT2D eigenvalue weighted by atomic mass is 9.89. The Morgan fingerprint density at radius 2 is 2.00 bits per heavy atom. The Hall–Kier alpha value is -1.32. The number of allylic oxidation sites excluding steroid dienone is 2. The van der Waals surface area contributed by atoms with E-state index in [1.807, 2.05) is 4.90 Å². The van der Waals surface area contributed by atoms with E-state index in [1.54, 1.807) is 0 Å². The maximum absolute atomic E-state index is 12.5. The molecule has 4 nitrogen and oxygen atoms in total. The molecule has 4 unspecified atom stereocenters. The normalized spacial score (nSPS) is 38.1. The van der Waals surface area contributed by atoms with E-state index in [2.05, 4.69) is 12.2 Å². The molecular formula is C14H19NO3. The predicted octanol–water partition coefficient (Wildman–Crippen LogP) is 1.81. The van der Waals surface area contributed by atoms with Crippen LogP contribution in [-0.4, -0.2) is 34.0 Å². The number of carboxylic acid groups (broad SMARTS) is 1. The van der Waals surface area contributed by atoms with E-state index in [0.717, 1.165) is 32.1 Å². The van der Waals surface area contributed by atoms with Gasteiger partial charge in [-0.25, -0.2) is 0 Å². The van der Waals surface area contributed by atoms with Gasteiger partial charge in [-0.05, 0) is 38.5 Å². The first kappa shape index (κ1) is 11.8. The van der Waals surface area contributed by atoms with Crippen LogP contribution < -0.4 is 0 Å². The summed E-state index contributed by atoms with van der Waals surface area (Å²) >= 11 is 0. The summed E-state index contributed by atoms with van der Waals surface area (Å²) in [6.45, 7) is 0. The molecule has 2 heterocycles. The molecule has 0 radical (unpaired) electrons. The molecule has 3 aliphatic rings. The predicted molar refractivity (Wildman–Crippen MR) is 65.9 cm³/mol. The van der Waals surface area contributed by atoms with Crippen molar-refractivity contribution in [3.05, 3.63) is 12.2 Å². The summed E-state index contributed by atoms with van der Waals surface area (Å²) in [6, 6.07) is 0.153. The quantitative estimate of drug-likeness (QED) is 0.759. The van der Waals surface area contributed by atoms with E-state index < -0.39 is 5.97 Å². The van der Waals surface area contributed by atoms with Crippen LogP contribution in [0.1, 0.15) is 38.5 Å². The number of carbonyl (C=O) groups excluding carboxylic acids is 1. The second-order valence-electron chi connectivity index (χ2n) is 5.71. The van der Waals surface area contributed by atoms with Crippen LogP contribution in [0.15, 0.2) is 12.2 Å². The van der Waals surface area contributed by atoms with Crippen molar-refractivity contribution in [2.45, 2.75) is 50.6 Å². The second kappa shape index (κ2) is 4.41. The Kier molecular flexibility index (Phi) is 2.88. The lowest BCUT2D eigenvalue weighted by Crippen LogP contribution is -2.41. The van der Waals surface area contributed by atoms with Crippen molar-refractivity contribution in [3.63, 3.8) is 0 Å². The maximum atomic E-state index is 12.5. The molecule has 2 bridgehead atoms. The number of amides is 1. The maximum Gasteiger partial charge on any atom is 0.308 e. The summed E-state index contributed by atoms with van der Waals surface area (Å²) in [5, 5.41) is 9.20. The van der Waals surface area contributed by atoms with Gasteiger partial charge in [0.2, 0.25) is 5.91 Å². The first-order valence-electron chi connectivity index (χ1n) is 6.88. The standard InChI is InChI=1S/C14H19NO3/c16-13(9-4-2-1-3-5-9)15-10-6-7-12(15)11(8-10)14(17)18/h1-2,9-12H,3-8H2,(H,17,18). The van der Waals surface area contributed by atoms with Gasteiger partial charge in [-0.2, -0.15) is 0 Å². The van der Waals surface area contributed by atoms with Crippen molar-refractivity contribution in [1.29, 1.82) is 0 Å². The van der Waals surface area contributed by atoms with Crippen LogP contribution in [0.25, 0.3) is 0 Å². The largest absolute Gasteiger partial charge is 0.481 e. The fourth-order valence-electron chi connectivity index (χ4n) is 3.83. The second-order valence-corrected chi connectivity index (χ2v) is 5.71. The van der Waals surface area contributed by atoms with Gasteiger partial charge in [-0.15, -0.1) is 0 Å². The third-order valence-electron chi connectivity index (χ3n) is 4.73. The molecule has 0 aromatic carbocycles. The molecular weight excluding hydrogens is 230 g/mol. The van der Waals surface area contributed by atoms with Gasteiger partial charge in [-0.3, -0.25) is 9.59 Å². The third-order valence-corrected chi connectivity index (χ3v) is 4.73. The summed E-state index contributed by atoms with van der Waals surface area (Å²) in [7, 11) is 0. The smallest absolute Gasteiger partial charge is 0.308 e. The average molecular weight is 249 g/mol. The Bertz CT molecular complexity index is 404. The van der Waals surface area contributed by atoms with E-state index in [9.17, 15) is 14.7 Å². The molecule has 2 fully saturated rings. The summed E-state index contributed by atoms with van der Waals surface area (Å²) < 4.78 is 0. The van der Waals surface area contributed by atoms with Crippen LogP contribution in [0, 0.1) is 11.8 Å². The number of nitrogens with zero attached hydrogens (tertiary/aromatic N) is 1. The zero-order valence-corrected chi connectivity index (χ0v) is 10.4. The Labute approximate surface area is 107 Å². The minimum Gasteiger partial charge on any atom is -0.481 e. The van der Waals surface area contributed by atoms with Crippen molar-refractivity contribution < 1.29 is 14.7 Å². The molecule has 4 atom stereocenters. The van der Waals surface area contributed by atoms with Gasteiger partial charge < -0.3 is 10.0 Å². The SMILES string of the molecule is O=C(O)C1CC2CCC1N2C(=O)C1CC=CCC1. The van der Waals surface area contributed by atoms with Crippen molar-refractivity contribution in [1.82, 2.24) is 4.90 Å². The number of carbonyl (C=O) groups is 2. The number of hydrogen-bond acceptors (Lipinski definition) is 2. The van der Waals surface area contributed by atoms with Crippen LogP contribution in [0.5, 0.6) is 0 Å². The zero-order valence-electron chi connectivity index (χ0n) is 10.4. The van der Waals surface area contributed by atoms with Gasteiger partial charge in [-0.1, -0.05) is 12.2 Å². The topological polar surface area (TPSA) is 57.6 Å². The average Bonchev–Trinajstić information content (AvgIpc) is 2.96. The van der Waals surface area contributed by atoms with Gasteiger partial charge in [0.25, 0.3) is 0 Å². The van der Waals surface area contributed by atoms with E-state index in [-0.39, 0.29) is 29.8 Å². The summed E-state index contributed by atoms with van der Waals surface area (Å²) in [5.41, 5.74) is 0. The molecule has 1 N–H and O–H groups in total. The molecule has 0 spiro atoms. The van der Waals surface area contributed by atoms with Gasteiger partial charge in [0.15, 0.2) is 0 Å². The van der Waals surface area contributed by atoms with Crippen molar-refractivity contribution in [2.24, 2.45) is 11.8 Å². The van der Waals surface area contributed by atoms with E-state index in [0.29, 0.717) is 6.42 Å². The molecule has 0 aromatic rings. The molecule has 18 heavy (non-hydrogen) atoms. The monoisotopic (exact) mass is 249 g/mol. The number of fused-ring (bicyclic) bond motifs is 2. The van der Waals surface area contributed by atoms with Crippen molar-refractivity contribution in [2.75, 3.05) is 0 Å². The number of rotatable bonds is 2. The van der Waals surface area contributed by atoms with E-state index in [4.69, 9.17) is 0 Å². The highest BCUT2D eigenvalue weighted by atomic mass is 16.4. The first-order chi connectivity index (χ1) is 8.68. The van der Waals surface area contributed by atoms with Crippen molar-refractivity contribution in [3.8, 4) is 0 Å². The van der Waals surface area contributed by atoms with E-state index >= 15 is 0 Å². The Morgan fingerprint density at radius 3 is 2.61 bits per heavy atom. The van der Waals surface area contributed by atoms with Crippen LogP contribution in [-0.2, 0) is 9.59 Å². The fraction of sp³-hybridized carbons (Fsp3) is 0.714. The lowest BCUT2D eigenvalue weighted by Gasteiger charge is -2.28. The molecule has 4 heteroatoms. The fourth-order valence-corrected chi connectivity index (χ4v) is 3.83. The molecule has 2 saturated heterocycles. The highest BCUT2D eigenvalue weighted by Crippen LogP contribution is 2.43. The highest BCUT2D eigenvalue weighted by molar-refractivity contribution is 5.82. The lowest BCUT2D eigenvalue weighted by molar-refractivity contribution is -0.143. The molecule has 0 saturated carbocycles. The van der Waals surface area contributed by atoms with Gasteiger partial charge in [0, 0.05) is 18.0 Å². The number of carboxylic acids is 1.